The van der Waals surface area contributed by atoms with E-state index in [2.05, 4.69) is 20.8 Å². The van der Waals surface area contributed by atoms with Gasteiger partial charge in [0.25, 0.3) is 11.7 Å². The molecule has 0 spiro atoms. The highest BCUT2D eigenvalue weighted by atomic mass is 79.9. The number of nitrogens with zero attached hydrogens (tertiary/aromatic N) is 2. The minimum atomic E-state index is -0.650. The molecule has 0 radical (unpaired) electrons. The van der Waals surface area contributed by atoms with Crippen molar-refractivity contribution in [3.8, 4) is 0 Å². The van der Waals surface area contributed by atoms with E-state index in [0.717, 1.165) is 23.1 Å². The number of carbonyl (C=O) groups excluding carboxylic acids is 2. The Hall–Kier alpha value is -2.48. The van der Waals surface area contributed by atoms with Crippen molar-refractivity contribution in [2.45, 2.75) is 6.04 Å². The number of hydrogen-bond acceptors (Lipinski definition) is 5. The standard InChI is InChI=1S/C23H23BrN2O4/c24-18-8-4-7-17(15-18)20-19(21(27)16-5-2-1-3-6-16)22(28)23(29)26(20)10-9-25-11-13-30-14-12-25/h1-8,15,20,27H,9-14H2/b21-19+. The molecule has 2 saturated heterocycles. The van der Waals surface area contributed by atoms with E-state index in [1.165, 1.54) is 0 Å². The molecule has 2 aliphatic rings. The second-order valence-electron chi connectivity index (χ2n) is 7.37. The molecule has 1 unspecified atom stereocenters. The van der Waals surface area contributed by atoms with Gasteiger partial charge in [-0.15, -0.1) is 0 Å². The number of amides is 1. The van der Waals surface area contributed by atoms with Crippen LogP contribution >= 0.6 is 15.9 Å². The van der Waals surface area contributed by atoms with Crippen LogP contribution in [0.1, 0.15) is 17.2 Å². The molecule has 0 saturated carbocycles. The van der Waals surface area contributed by atoms with Gasteiger partial charge in [0.05, 0.1) is 24.8 Å². The summed E-state index contributed by atoms with van der Waals surface area (Å²) in [6.07, 6.45) is 0. The number of rotatable bonds is 5. The lowest BCUT2D eigenvalue weighted by molar-refractivity contribution is -0.140. The predicted octanol–water partition coefficient (Wildman–Crippen LogP) is 3.20. The predicted molar refractivity (Wildman–Crippen MR) is 117 cm³/mol. The maximum absolute atomic E-state index is 13.0. The summed E-state index contributed by atoms with van der Waals surface area (Å²) in [6, 6.07) is 15.8. The molecule has 2 aromatic rings. The van der Waals surface area contributed by atoms with Crippen LogP contribution in [0.2, 0.25) is 0 Å². The number of carbonyl (C=O) groups is 2. The van der Waals surface area contributed by atoms with Crippen molar-refractivity contribution in [3.63, 3.8) is 0 Å². The van der Waals surface area contributed by atoms with E-state index in [-0.39, 0.29) is 11.3 Å². The molecule has 0 aliphatic carbocycles. The molecule has 0 aromatic heterocycles. The first-order valence-electron chi connectivity index (χ1n) is 9.95. The molecular formula is C23H23BrN2O4. The second kappa shape index (κ2) is 9.12. The Balaban J connectivity index is 1.73. The van der Waals surface area contributed by atoms with Crippen LogP contribution in [0.25, 0.3) is 5.76 Å². The second-order valence-corrected chi connectivity index (χ2v) is 8.28. The number of aliphatic hydroxyl groups excluding tert-OH is 1. The maximum atomic E-state index is 13.0. The topological polar surface area (TPSA) is 70.1 Å². The van der Waals surface area contributed by atoms with E-state index in [1.54, 1.807) is 29.2 Å². The summed E-state index contributed by atoms with van der Waals surface area (Å²) in [4.78, 5) is 29.8. The van der Waals surface area contributed by atoms with E-state index in [4.69, 9.17) is 4.74 Å². The van der Waals surface area contributed by atoms with Gasteiger partial charge < -0.3 is 14.7 Å². The first-order valence-corrected chi connectivity index (χ1v) is 10.7. The Labute approximate surface area is 183 Å². The zero-order valence-corrected chi connectivity index (χ0v) is 18.0. The van der Waals surface area contributed by atoms with Crippen LogP contribution in [-0.2, 0) is 14.3 Å². The highest BCUT2D eigenvalue weighted by molar-refractivity contribution is 9.10. The third-order valence-corrected chi connectivity index (χ3v) is 6.01. The number of ether oxygens (including phenoxy) is 1. The molecule has 2 aliphatic heterocycles. The Morgan fingerprint density at radius 3 is 2.47 bits per heavy atom. The Kier molecular flexibility index (Phi) is 6.32. The molecule has 0 bridgehead atoms. The molecule has 156 valence electrons. The Morgan fingerprint density at radius 2 is 1.77 bits per heavy atom. The Bertz CT molecular complexity index is 970. The SMILES string of the molecule is O=C1C(=O)N(CCN2CCOCC2)C(c2cccc(Br)c2)/C1=C(\O)c1ccccc1. The number of ketones is 1. The smallest absolute Gasteiger partial charge is 0.295 e. The summed E-state index contributed by atoms with van der Waals surface area (Å²) in [5, 5.41) is 11.0. The first-order chi connectivity index (χ1) is 14.6. The number of halogens is 1. The molecule has 6 nitrogen and oxygen atoms in total. The fourth-order valence-electron chi connectivity index (χ4n) is 3.96. The van der Waals surface area contributed by atoms with Crippen LogP contribution in [0.5, 0.6) is 0 Å². The highest BCUT2D eigenvalue weighted by Gasteiger charge is 2.46. The van der Waals surface area contributed by atoms with Crippen LogP contribution < -0.4 is 0 Å². The fourth-order valence-corrected chi connectivity index (χ4v) is 4.38. The number of morpholine rings is 1. The maximum Gasteiger partial charge on any atom is 0.295 e. The zero-order valence-electron chi connectivity index (χ0n) is 16.5. The largest absolute Gasteiger partial charge is 0.507 e. The van der Waals surface area contributed by atoms with Gasteiger partial charge in [-0.2, -0.15) is 0 Å². The van der Waals surface area contributed by atoms with Crippen molar-refractivity contribution in [1.29, 1.82) is 0 Å². The summed E-state index contributed by atoms with van der Waals surface area (Å²) in [5.41, 5.74) is 1.43. The lowest BCUT2D eigenvalue weighted by Crippen LogP contribution is -2.42. The van der Waals surface area contributed by atoms with Crippen molar-refractivity contribution >= 4 is 33.4 Å². The van der Waals surface area contributed by atoms with E-state index in [1.807, 2.05) is 30.3 Å². The number of Topliss-reactive ketones (excluding diaryl/α,β-unsaturated/α-hetero) is 1. The lowest BCUT2D eigenvalue weighted by Gasteiger charge is -2.31. The summed E-state index contributed by atoms with van der Waals surface area (Å²) >= 11 is 3.47. The average molecular weight is 471 g/mol. The van der Waals surface area contributed by atoms with Gasteiger partial charge in [0, 0.05) is 36.2 Å². The zero-order chi connectivity index (χ0) is 21.1. The number of hydrogen-bond donors (Lipinski definition) is 1. The normalized spacial score (nSPS) is 21.9. The third-order valence-electron chi connectivity index (χ3n) is 5.51. The molecule has 2 heterocycles. The molecule has 1 amide bonds. The van der Waals surface area contributed by atoms with Crippen LogP contribution in [0, 0.1) is 0 Å². The van der Waals surface area contributed by atoms with E-state index in [0.29, 0.717) is 31.9 Å². The summed E-state index contributed by atoms with van der Waals surface area (Å²) in [6.45, 7) is 3.98. The number of likely N-dealkylation sites (tertiary alicyclic amines) is 1. The van der Waals surface area contributed by atoms with Gasteiger partial charge in [-0.05, 0) is 17.7 Å². The minimum Gasteiger partial charge on any atom is -0.507 e. The van der Waals surface area contributed by atoms with Gasteiger partial charge in [0.1, 0.15) is 5.76 Å². The average Bonchev–Trinajstić information content (AvgIpc) is 3.03. The van der Waals surface area contributed by atoms with Crippen molar-refractivity contribution in [2.75, 3.05) is 39.4 Å². The molecule has 4 rings (SSSR count). The van der Waals surface area contributed by atoms with Gasteiger partial charge in [0.2, 0.25) is 0 Å². The van der Waals surface area contributed by atoms with E-state index in [9.17, 15) is 14.7 Å². The van der Waals surface area contributed by atoms with E-state index >= 15 is 0 Å². The lowest BCUT2D eigenvalue weighted by atomic mass is 9.95. The van der Waals surface area contributed by atoms with Gasteiger partial charge in [-0.1, -0.05) is 58.4 Å². The molecular weight excluding hydrogens is 448 g/mol. The molecule has 1 N–H and O–H groups in total. The first kappa shape index (κ1) is 20.8. The highest BCUT2D eigenvalue weighted by Crippen LogP contribution is 2.39. The van der Waals surface area contributed by atoms with Crippen molar-refractivity contribution < 1.29 is 19.4 Å². The number of benzene rings is 2. The van der Waals surface area contributed by atoms with E-state index < -0.39 is 17.7 Å². The third kappa shape index (κ3) is 4.19. The Morgan fingerprint density at radius 1 is 1.03 bits per heavy atom. The van der Waals surface area contributed by atoms with Crippen molar-refractivity contribution in [2.24, 2.45) is 0 Å². The summed E-state index contributed by atoms with van der Waals surface area (Å²) in [5.74, 6) is -1.37. The van der Waals surface area contributed by atoms with Crippen LogP contribution in [0.3, 0.4) is 0 Å². The van der Waals surface area contributed by atoms with Gasteiger partial charge in [-0.25, -0.2) is 0 Å². The number of aliphatic hydroxyl groups is 1. The molecule has 7 heteroatoms. The summed E-state index contributed by atoms with van der Waals surface area (Å²) in [7, 11) is 0. The molecule has 30 heavy (non-hydrogen) atoms. The molecule has 2 aromatic carbocycles. The van der Waals surface area contributed by atoms with Gasteiger partial charge in [0.15, 0.2) is 0 Å². The van der Waals surface area contributed by atoms with Crippen LogP contribution in [-0.4, -0.2) is 66.0 Å². The summed E-state index contributed by atoms with van der Waals surface area (Å²) < 4.78 is 6.23. The quantitative estimate of drug-likeness (QED) is 0.412. The van der Waals surface area contributed by atoms with Crippen molar-refractivity contribution in [3.05, 3.63) is 75.8 Å². The van der Waals surface area contributed by atoms with Crippen molar-refractivity contribution in [1.82, 2.24) is 9.80 Å². The van der Waals surface area contributed by atoms with Crippen LogP contribution in [0.4, 0.5) is 0 Å². The minimum absolute atomic E-state index is 0.131. The van der Waals surface area contributed by atoms with Crippen LogP contribution in [0.15, 0.2) is 64.6 Å². The molecule has 2 fully saturated rings. The van der Waals surface area contributed by atoms with Gasteiger partial charge in [-0.3, -0.25) is 14.5 Å². The van der Waals surface area contributed by atoms with Gasteiger partial charge >= 0.3 is 0 Å². The molecule has 1 atom stereocenters. The monoisotopic (exact) mass is 470 g/mol. The fraction of sp³-hybridized carbons (Fsp3) is 0.304.